The molecule has 0 saturated heterocycles. The summed E-state index contributed by atoms with van der Waals surface area (Å²) in [6.45, 7) is 5.66. The van der Waals surface area contributed by atoms with Crippen LogP contribution in [0, 0.1) is 0 Å². The van der Waals surface area contributed by atoms with Crippen molar-refractivity contribution < 1.29 is 14.6 Å². The maximum absolute atomic E-state index is 12.9. The molecule has 1 atom stereocenters. The molecule has 0 aliphatic heterocycles. The third-order valence-electron chi connectivity index (χ3n) is 5.19. The molecule has 0 unspecified atom stereocenters. The van der Waals surface area contributed by atoms with E-state index in [0.717, 1.165) is 15.9 Å². The van der Waals surface area contributed by atoms with Gasteiger partial charge in [-0.3, -0.25) is 13.9 Å². The Morgan fingerprint density at radius 1 is 1.18 bits per heavy atom. The van der Waals surface area contributed by atoms with Gasteiger partial charge in [0.2, 0.25) is 5.95 Å². The van der Waals surface area contributed by atoms with Crippen molar-refractivity contribution in [3.8, 4) is 5.75 Å². The minimum atomic E-state index is -0.904. The number of nitrogens with zero attached hydrogens (tertiary/aromatic N) is 5. The molecule has 0 amide bonds. The van der Waals surface area contributed by atoms with Crippen LogP contribution >= 0.6 is 0 Å². The van der Waals surface area contributed by atoms with Crippen molar-refractivity contribution in [2.45, 2.75) is 39.5 Å². The highest BCUT2D eigenvalue weighted by Crippen LogP contribution is 2.18. The summed E-state index contributed by atoms with van der Waals surface area (Å²) in [4.78, 5) is 29.7. The van der Waals surface area contributed by atoms with E-state index in [1.165, 1.54) is 23.2 Å². The van der Waals surface area contributed by atoms with Gasteiger partial charge < -0.3 is 19.1 Å². The molecular weight excluding hydrogens is 428 g/mol. The molecule has 0 aliphatic carbocycles. The second-order valence-corrected chi connectivity index (χ2v) is 8.00. The molecule has 2 N–H and O–H groups in total. The number of hydrogen-bond acceptors (Lipinski definition) is 8. The molecule has 3 aromatic rings. The molecule has 1 aromatic carbocycles. The largest absolute Gasteiger partial charge is 0.497 e. The first-order valence-electron chi connectivity index (χ1n) is 10.5. The third kappa shape index (κ3) is 5.15. The van der Waals surface area contributed by atoms with Gasteiger partial charge in [-0.15, -0.1) is 0 Å². The maximum atomic E-state index is 12.9. The molecule has 0 fully saturated rings. The normalized spacial score (nSPS) is 13.0. The lowest BCUT2D eigenvalue weighted by atomic mass is 10.1. The number of ether oxygens (including phenoxy) is 2. The Labute approximate surface area is 190 Å². The van der Waals surface area contributed by atoms with E-state index < -0.39 is 17.4 Å². The molecule has 0 aliphatic rings. The maximum Gasteiger partial charge on any atom is 0.332 e. The van der Waals surface area contributed by atoms with Crippen LogP contribution in [0.2, 0.25) is 0 Å². The first-order chi connectivity index (χ1) is 15.6. The van der Waals surface area contributed by atoms with Crippen LogP contribution in [-0.4, -0.2) is 55.4 Å². The molecule has 11 heteroatoms. The van der Waals surface area contributed by atoms with Gasteiger partial charge in [0.15, 0.2) is 11.2 Å². The van der Waals surface area contributed by atoms with Crippen LogP contribution in [0.15, 0.2) is 39.0 Å². The number of fused-ring (bicyclic) bond motifs is 1. The van der Waals surface area contributed by atoms with Crippen LogP contribution in [0.4, 0.5) is 5.95 Å². The van der Waals surface area contributed by atoms with E-state index in [2.05, 4.69) is 15.5 Å². The van der Waals surface area contributed by atoms with Crippen LogP contribution in [0.25, 0.3) is 11.2 Å². The summed E-state index contributed by atoms with van der Waals surface area (Å²) < 4.78 is 14.5. The smallest absolute Gasteiger partial charge is 0.332 e. The lowest BCUT2D eigenvalue weighted by molar-refractivity contribution is -0.000110. The fourth-order valence-electron chi connectivity index (χ4n) is 3.31. The lowest BCUT2D eigenvalue weighted by Gasteiger charge is -2.16. The zero-order valence-electron chi connectivity index (χ0n) is 19.7. The molecule has 33 heavy (non-hydrogen) atoms. The lowest BCUT2D eigenvalue weighted by Crippen LogP contribution is -2.38. The zero-order chi connectivity index (χ0) is 24.3. The van der Waals surface area contributed by atoms with Crippen LogP contribution in [-0.2, 0) is 25.4 Å². The van der Waals surface area contributed by atoms with E-state index in [1.54, 1.807) is 7.11 Å². The number of methoxy groups -OCH3 is 1. The fourth-order valence-corrected chi connectivity index (χ4v) is 3.31. The predicted molar refractivity (Wildman–Crippen MR) is 126 cm³/mol. The number of nitrogens with one attached hydrogen (secondary N) is 1. The molecule has 11 nitrogen and oxygen atoms in total. The number of aliphatic hydroxyl groups is 1. The summed E-state index contributed by atoms with van der Waals surface area (Å²) in [6.07, 6.45) is -0.957. The number of rotatable bonds is 9. The molecule has 0 radical (unpaired) electrons. The van der Waals surface area contributed by atoms with Crippen LogP contribution < -0.4 is 21.4 Å². The van der Waals surface area contributed by atoms with Crippen molar-refractivity contribution in [3.05, 3.63) is 50.7 Å². The predicted octanol–water partition coefficient (Wildman–Crippen LogP) is 1.06. The highest BCUT2D eigenvalue weighted by molar-refractivity contribution is 5.99. The van der Waals surface area contributed by atoms with Crippen molar-refractivity contribution in [3.63, 3.8) is 0 Å². The van der Waals surface area contributed by atoms with E-state index in [4.69, 9.17) is 9.47 Å². The molecule has 2 aromatic heterocycles. The van der Waals surface area contributed by atoms with Gasteiger partial charge in [-0.1, -0.05) is 0 Å². The Kier molecular flexibility index (Phi) is 7.34. The van der Waals surface area contributed by atoms with E-state index >= 15 is 0 Å². The van der Waals surface area contributed by atoms with E-state index in [1.807, 2.05) is 45.0 Å². The summed E-state index contributed by atoms with van der Waals surface area (Å²) in [5, 5.41) is 14.9. The molecular formula is C22H30N6O5. The fraction of sp³-hybridized carbons (Fsp3) is 0.455. The number of aromatic nitrogens is 4. The van der Waals surface area contributed by atoms with Gasteiger partial charge in [0, 0.05) is 14.1 Å². The summed E-state index contributed by atoms with van der Waals surface area (Å²) in [5.74, 6) is 0.954. The molecule has 178 valence electrons. The van der Waals surface area contributed by atoms with Crippen LogP contribution in [0.5, 0.6) is 5.75 Å². The van der Waals surface area contributed by atoms with Gasteiger partial charge in [-0.2, -0.15) is 10.1 Å². The minimum absolute atomic E-state index is 0.0239. The van der Waals surface area contributed by atoms with Crippen molar-refractivity contribution in [1.29, 1.82) is 0 Å². The molecule has 0 saturated carbocycles. The number of aliphatic hydroxyl groups excluding tert-OH is 1. The van der Waals surface area contributed by atoms with Gasteiger partial charge in [-0.25, -0.2) is 10.2 Å². The standard InChI is InChI=1S/C22H30N6O5/c1-13(2)33-12-16(29)11-28-18-19(26(4)22(31)27(5)20(18)30)23-21(28)25-24-14(3)15-7-9-17(32-6)10-8-15/h7-10,13,16,29H,11-12H2,1-6H3,(H,23,25)/b24-14-/t16-/m0/s1. The Morgan fingerprint density at radius 2 is 1.85 bits per heavy atom. The average molecular weight is 459 g/mol. The van der Waals surface area contributed by atoms with Gasteiger partial charge in [0.1, 0.15) is 5.75 Å². The third-order valence-corrected chi connectivity index (χ3v) is 5.19. The van der Waals surface area contributed by atoms with E-state index in [0.29, 0.717) is 5.71 Å². The number of hydrazone groups is 1. The summed E-state index contributed by atoms with van der Waals surface area (Å²) in [7, 11) is 4.54. The summed E-state index contributed by atoms with van der Waals surface area (Å²) in [5.41, 5.74) is 3.79. The zero-order valence-corrected chi connectivity index (χ0v) is 19.7. The second kappa shape index (κ2) is 10.0. The molecule has 3 rings (SSSR count). The Hall–Kier alpha value is -3.44. The van der Waals surface area contributed by atoms with E-state index in [-0.39, 0.29) is 36.4 Å². The number of benzene rings is 1. The van der Waals surface area contributed by atoms with Crippen LogP contribution in [0.3, 0.4) is 0 Å². The highest BCUT2D eigenvalue weighted by atomic mass is 16.5. The van der Waals surface area contributed by atoms with Crippen molar-refractivity contribution >= 4 is 22.8 Å². The first kappa shape index (κ1) is 24.2. The topological polar surface area (TPSA) is 125 Å². The summed E-state index contributed by atoms with van der Waals surface area (Å²) >= 11 is 0. The average Bonchev–Trinajstić information content (AvgIpc) is 3.16. The molecule has 0 spiro atoms. The molecule has 0 bridgehead atoms. The Balaban J connectivity index is 2.03. The highest BCUT2D eigenvalue weighted by Gasteiger charge is 2.21. The number of aryl methyl sites for hydroxylation is 1. The van der Waals surface area contributed by atoms with Crippen LogP contribution in [0.1, 0.15) is 26.3 Å². The van der Waals surface area contributed by atoms with Crippen molar-refractivity contribution in [2.24, 2.45) is 19.2 Å². The summed E-state index contributed by atoms with van der Waals surface area (Å²) in [6, 6.07) is 7.39. The van der Waals surface area contributed by atoms with Gasteiger partial charge >= 0.3 is 5.69 Å². The number of anilines is 1. The van der Waals surface area contributed by atoms with Crippen molar-refractivity contribution in [2.75, 3.05) is 19.1 Å². The monoisotopic (exact) mass is 458 g/mol. The first-order valence-corrected chi connectivity index (χ1v) is 10.5. The van der Waals surface area contributed by atoms with Gasteiger partial charge in [0.05, 0.1) is 38.2 Å². The molecule has 2 heterocycles. The van der Waals surface area contributed by atoms with Gasteiger partial charge in [0.25, 0.3) is 5.56 Å². The van der Waals surface area contributed by atoms with E-state index in [9.17, 15) is 14.7 Å². The Morgan fingerprint density at radius 3 is 2.45 bits per heavy atom. The van der Waals surface area contributed by atoms with Crippen molar-refractivity contribution in [1.82, 2.24) is 18.7 Å². The van der Waals surface area contributed by atoms with Gasteiger partial charge in [-0.05, 0) is 50.6 Å². The SMILES string of the molecule is COc1ccc(/C(C)=N\Nc2nc3c(c(=O)n(C)c(=O)n3C)n2C[C@H](O)COC(C)C)cc1. The number of hydrogen-bond donors (Lipinski definition) is 2. The number of imidazole rings is 1. The Bertz CT molecular complexity index is 1270. The minimum Gasteiger partial charge on any atom is -0.497 e. The quantitative estimate of drug-likeness (QED) is 0.363. The second-order valence-electron chi connectivity index (χ2n) is 8.00.